The highest BCUT2D eigenvalue weighted by Gasteiger charge is 2.51. The second kappa shape index (κ2) is 3.08. The highest BCUT2D eigenvalue weighted by molar-refractivity contribution is 6.08. The summed E-state index contributed by atoms with van der Waals surface area (Å²) in [6.45, 7) is 0. The Bertz CT molecular complexity index is 588. The van der Waals surface area contributed by atoms with Gasteiger partial charge in [-0.15, -0.1) is 0 Å². The molecule has 0 saturated carbocycles. The lowest BCUT2D eigenvalue weighted by Gasteiger charge is -2.20. The van der Waals surface area contributed by atoms with Gasteiger partial charge in [-0.2, -0.15) is 5.26 Å². The van der Waals surface area contributed by atoms with Gasteiger partial charge in [0.2, 0.25) is 0 Å². The minimum absolute atomic E-state index is 0.323. The largest absolute Gasteiger partial charge is 0.322 e. The third-order valence-electron chi connectivity index (χ3n) is 3.45. The minimum atomic E-state index is -0.959. The molecule has 1 fully saturated rings. The lowest BCUT2D eigenvalue weighted by molar-refractivity contribution is -0.124. The van der Waals surface area contributed by atoms with E-state index in [1.54, 1.807) is 18.2 Å². The van der Waals surface area contributed by atoms with Crippen molar-refractivity contribution < 1.29 is 9.59 Å². The van der Waals surface area contributed by atoms with Crippen LogP contribution >= 0.6 is 0 Å². The maximum Gasteiger partial charge on any atom is 0.322 e. The molecule has 1 aliphatic carbocycles. The summed E-state index contributed by atoms with van der Waals surface area (Å²) in [5.74, 6) is -0.323. The summed E-state index contributed by atoms with van der Waals surface area (Å²) in [7, 11) is 0. The zero-order valence-corrected chi connectivity index (χ0v) is 8.91. The van der Waals surface area contributed by atoms with Crippen molar-refractivity contribution >= 4 is 11.9 Å². The molecule has 1 aromatic carbocycles. The second-order valence-corrected chi connectivity index (χ2v) is 4.26. The molecule has 1 atom stereocenters. The van der Waals surface area contributed by atoms with Crippen molar-refractivity contribution in [2.75, 3.05) is 0 Å². The van der Waals surface area contributed by atoms with E-state index >= 15 is 0 Å². The van der Waals surface area contributed by atoms with Crippen LogP contribution in [0.15, 0.2) is 18.2 Å². The van der Waals surface area contributed by atoms with Gasteiger partial charge in [0.05, 0.1) is 11.6 Å². The van der Waals surface area contributed by atoms with Crippen molar-refractivity contribution in [3.63, 3.8) is 0 Å². The fraction of sp³-hybridized carbons (Fsp3) is 0.250. The standard InChI is InChI=1S/C12H9N3O2/c13-6-7-2-1-3-9-8(7)4-5-12(9)10(16)14-11(17)15-12/h1-3H,4-5H2,(H2,14,15,16,17)/t12-/m0/s1. The molecule has 2 N–H and O–H groups in total. The van der Waals surface area contributed by atoms with Crippen LogP contribution in [0.2, 0.25) is 0 Å². The number of amides is 3. The smallest absolute Gasteiger partial charge is 0.319 e. The molecule has 3 amide bonds. The van der Waals surface area contributed by atoms with E-state index in [1.807, 2.05) is 0 Å². The van der Waals surface area contributed by atoms with Gasteiger partial charge in [0.1, 0.15) is 5.54 Å². The van der Waals surface area contributed by atoms with Crippen LogP contribution in [-0.4, -0.2) is 11.9 Å². The van der Waals surface area contributed by atoms with Gasteiger partial charge in [-0.1, -0.05) is 12.1 Å². The van der Waals surface area contributed by atoms with E-state index in [2.05, 4.69) is 16.7 Å². The SMILES string of the molecule is N#Cc1cccc2c1CC[C@]21NC(=O)NC1=O. The van der Waals surface area contributed by atoms with Crippen LogP contribution in [0.25, 0.3) is 0 Å². The van der Waals surface area contributed by atoms with E-state index in [9.17, 15) is 9.59 Å². The van der Waals surface area contributed by atoms with Gasteiger partial charge < -0.3 is 5.32 Å². The Balaban J connectivity index is 2.20. The Labute approximate surface area is 97.4 Å². The third kappa shape index (κ3) is 1.12. The number of carbonyl (C=O) groups excluding carboxylic acids is 2. The molecule has 1 spiro atoms. The summed E-state index contributed by atoms with van der Waals surface area (Å²) in [5.41, 5.74) is 1.24. The number of nitriles is 1. The molecule has 0 bridgehead atoms. The molecule has 1 heterocycles. The summed E-state index contributed by atoms with van der Waals surface area (Å²) < 4.78 is 0. The number of carbonyl (C=O) groups is 2. The topological polar surface area (TPSA) is 82.0 Å². The summed E-state index contributed by atoms with van der Waals surface area (Å²) in [5, 5.41) is 13.9. The van der Waals surface area contributed by atoms with Gasteiger partial charge in [-0.05, 0) is 30.0 Å². The molecule has 5 heteroatoms. The van der Waals surface area contributed by atoms with Crippen molar-refractivity contribution in [2.24, 2.45) is 0 Å². The highest BCUT2D eigenvalue weighted by atomic mass is 16.2. The molecule has 1 saturated heterocycles. The molecular weight excluding hydrogens is 218 g/mol. The second-order valence-electron chi connectivity index (χ2n) is 4.26. The van der Waals surface area contributed by atoms with Crippen LogP contribution in [-0.2, 0) is 16.8 Å². The normalized spacial score (nSPS) is 25.4. The van der Waals surface area contributed by atoms with Crippen LogP contribution in [0.1, 0.15) is 23.1 Å². The number of fused-ring (bicyclic) bond motifs is 2. The van der Waals surface area contributed by atoms with Gasteiger partial charge in [0.25, 0.3) is 5.91 Å². The number of hydrogen-bond acceptors (Lipinski definition) is 3. The van der Waals surface area contributed by atoms with Crippen molar-refractivity contribution in [3.05, 3.63) is 34.9 Å². The Morgan fingerprint density at radius 2 is 2.18 bits per heavy atom. The van der Waals surface area contributed by atoms with Crippen molar-refractivity contribution in [2.45, 2.75) is 18.4 Å². The summed E-state index contributed by atoms with van der Waals surface area (Å²) in [6, 6.07) is 6.91. The molecule has 0 unspecified atom stereocenters. The number of benzene rings is 1. The van der Waals surface area contributed by atoms with Gasteiger partial charge in [0.15, 0.2) is 0 Å². The zero-order valence-electron chi connectivity index (χ0n) is 8.91. The summed E-state index contributed by atoms with van der Waals surface area (Å²) in [4.78, 5) is 23.2. The molecule has 1 aromatic rings. The van der Waals surface area contributed by atoms with E-state index in [0.717, 1.165) is 11.1 Å². The molecule has 17 heavy (non-hydrogen) atoms. The molecule has 0 radical (unpaired) electrons. The third-order valence-corrected chi connectivity index (χ3v) is 3.45. The molecule has 0 aromatic heterocycles. The lowest BCUT2D eigenvalue weighted by Crippen LogP contribution is -2.41. The first kappa shape index (κ1) is 9.85. The molecule has 84 valence electrons. The lowest BCUT2D eigenvalue weighted by atomic mass is 9.91. The fourth-order valence-corrected chi connectivity index (χ4v) is 2.67. The van der Waals surface area contributed by atoms with Crippen LogP contribution < -0.4 is 10.6 Å². The highest BCUT2D eigenvalue weighted by Crippen LogP contribution is 2.40. The Morgan fingerprint density at radius 1 is 1.35 bits per heavy atom. The average molecular weight is 227 g/mol. The van der Waals surface area contributed by atoms with Gasteiger partial charge in [-0.25, -0.2) is 4.79 Å². The van der Waals surface area contributed by atoms with Gasteiger partial charge >= 0.3 is 6.03 Å². The molecule has 5 nitrogen and oxygen atoms in total. The molecule has 1 aliphatic heterocycles. The predicted octanol–water partition coefficient (Wildman–Crippen LogP) is 0.539. The fourth-order valence-electron chi connectivity index (χ4n) is 2.67. The summed E-state index contributed by atoms with van der Waals surface area (Å²) >= 11 is 0. The number of imide groups is 1. The number of urea groups is 1. The Kier molecular flexibility index (Phi) is 1.78. The average Bonchev–Trinajstić information content (AvgIpc) is 2.82. The predicted molar refractivity (Wildman–Crippen MR) is 57.8 cm³/mol. The van der Waals surface area contributed by atoms with E-state index in [4.69, 9.17) is 5.26 Å². The van der Waals surface area contributed by atoms with Crippen LogP contribution in [0, 0.1) is 11.3 Å². The van der Waals surface area contributed by atoms with Crippen molar-refractivity contribution in [1.29, 1.82) is 5.26 Å². The molecular formula is C12H9N3O2. The van der Waals surface area contributed by atoms with E-state index < -0.39 is 11.6 Å². The van der Waals surface area contributed by atoms with Crippen LogP contribution in [0.4, 0.5) is 4.79 Å². The maximum absolute atomic E-state index is 11.9. The Hall–Kier alpha value is -2.35. The van der Waals surface area contributed by atoms with E-state index in [0.29, 0.717) is 18.4 Å². The Morgan fingerprint density at radius 3 is 2.82 bits per heavy atom. The van der Waals surface area contributed by atoms with Gasteiger partial charge in [-0.3, -0.25) is 10.1 Å². The van der Waals surface area contributed by atoms with Crippen molar-refractivity contribution in [1.82, 2.24) is 10.6 Å². The van der Waals surface area contributed by atoms with E-state index in [-0.39, 0.29) is 5.91 Å². The van der Waals surface area contributed by atoms with Gasteiger partial charge in [0, 0.05) is 0 Å². The van der Waals surface area contributed by atoms with E-state index in [1.165, 1.54) is 0 Å². The number of nitrogens with one attached hydrogen (secondary N) is 2. The molecule has 2 aliphatic rings. The first-order valence-corrected chi connectivity index (χ1v) is 5.33. The maximum atomic E-state index is 11.9. The quantitative estimate of drug-likeness (QED) is 0.634. The monoisotopic (exact) mass is 227 g/mol. The van der Waals surface area contributed by atoms with Crippen LogP contribution in [0.5, 0.6) is 0 Å². The number of hydrogen-bond donors (Lipinski definition) is 2. The number of nitrogens with zero attached hydrogens (tertiary/aromatic N) is 1. The van der Waals surface area contributed by atoms with Crippen LogP contribution in [0.3, 0.4) is 0 Å². The zero-order chi connectivity index (χ0) is 12.0. The molecule has 3 rings (SSSR count). The van der Waals surface area contributed by atoms with Crippen molar-refractivity contribution in [3.8, 4) is 6.07 Å². The minimum Gasteiger partial charge on any atom is -0.319 e. The first-order valence-electron chi connectivity index (χ1n) is 5.33. The summed E-state index contributed by atoms with van der Waals surface area (Å²) in [6.07, 6.45) is 1.14. The first-order chi connectivity index (χ1) is 8.17. The number of rotatable bonds is 0.